The summed E-state index contributed by atoms with van der Waals surface area (Å²) in [5.74, 6) is 0.961. The molecule has 0 saturated heterocycles. The molecule has 0 aromatic carbocycles. The number of nitrogens with two attached hydrogens (primary N) is 2. The van der Waals surface area contributed by atoms with E-state index in [0.29, 0.717) is 33.7 Å². The Balaban J connectivity index is 0.000000284. The summed E-state index contributed by atoms with van der Waals surface area (Å²) in [7, 11) is 0. The normalized spacial score (nSPS) is 39.6. The average molecular weight is 409 g/mol. The Hall–Kier alpha value is -0.0800. The van der Waals surface area contributed by atoms with Gasteiger partial charge in [0.05, 0.1) is 0 Å². The van der Waals surface area contributed by atoms with E-state index in [2.05, 4.69) is 48.5 Å². The Kier molecular flexibility index (Phi) is 9.32. The second-order valence-corrected chi connectivity index (χ2v) is 13.1. The van der Waals surface area contributed by atoms with Gasteiger partial charge in [0.25, 0.3) is 0 Å². The third-order valence-electron chi connectivity index (χ3n) is 8.60. The minimum atomic E-state index is 0. The smallest absolute Gasteiger partial charge is 0.00492 e. The van der Waals surface area contributed by atoms with Gasteiger partial charge in [-0.3, -0.25) is 0 Å². The van der Waals surface area contributed by atoms with Crippen LogP contribution in [0.25, 0.3) is 0 Å². The molecule has 4 atom stereocenters. The molecule has 3 saturated carbocycles. The van der Waals surface area contributed by atoms with Gasteiger partial charge in [-0.1, -0.05) is 75.2 Å². The van der Waals surface area contributed by atoms with Crippen molar-refractivity contribution in [3.63, 3.8) is 0 Å². The molecule has 0 bridgehead atoms. The van der Waals surface area contributed by atoms with Crippen molar-refractivity contribution in [1.29, 1.82) is 0 Å². The Morgan fingerprint density at radius 3 is 1.76 bits per heavy atom. The molecule has 174 valence electrons. The molecule has 0 aromatic rings. The molecule has 0 spiro atoms. The second-order valence-electron chi connectivity index (χ2n) is 13.1. The van der Waals surface area contributed by atoms with Gasteiger partial charge in [-0.2, -0.15) is 0 Å². The first kappa shape index (κ1) is 27.0. The first-order chi connectivity index (χ1) is 12.8. The lowest BCUT2D eigenvalue weighted by molar-refractivity contribution is 0.0332. The van der Waals surface area contributed by atoms with Crippen molar-refractivity contribution in [2.45, 2.75) is 145 Å². The molecule has 0 heterocycles. The summed E-state index contributed by atoms with van der Waals surface area (Å²) in [4.78, 5) is 0. The van der Waals surface area contributed by atoms with E-state index < -0.39 is 0 Å². The summed E-state index contributed by atoms with van der Waals surface area (Å²) in [6.07, 6.45) is 16.1. The maximum absolute atomic E-state index is 6.25. The minimum absolute atomic E-state index is 0. The van der Waals surface area contributed by atoms with Gasteiger partial charge in [-0.05, 0) is 85.4 Å². The van der Waals surface area contributed by atoms with E-state index in [1.165, 1.54) is 77.0 Å². The van der Waals surface area contributed by atoms with Crippen LogP contribution in [0.1, 0.15) is 133 Å². The topological polar surface area (TPSA) is 52.0 Å². The predicted molar refractivity (Wildman–Crippen MR) is 131 cm³/mol. The van der Waals surface area contributed by atoms with Gasteiger partial charge >= 0.3 is 0 Å². The predicted octanol–water partition coefficient (Wildman–Crippen LogP) is 7.69. The van der Waals surface area contributed by atoms with Crippen LogP contribution < -0.4 is 11.5 Å². The highest BCUT2D eigenvalue weighted by atomic mass is 14.7. The van der Waals surface area contributed by atoms with Gasteiger partial charge in [0, 0.05) is 12.1 Å². The summed E-state index contributed by atoms with van der Waals surface area (Å²) in [5.41, 5.74) is 14.4. The highest BCUT2D eigenvalue weighted by Crippen LogP contribution is 2.53. The zero-order valence-electron chi connectivity index (χ0n) is 20.4. The van der Waals surface area contributed by atoms with E-state index in [9.17, 15) is 0 Å². The second kappa shape index (κ2) is 10.0. The summed E-state index contributed by atoms with van der Waals surface area (Å²) >= 11 is 0. The largest absolute Gasteiger partial charge is 0.328 e. The van der Waals surface area contributed by atoms with E-state index in [-0.39, 0.29) is 7.43 Å². The van der Waals surface area contributed by atoms with Crippen LogP contribution in [0.15, 0.2) is 0 Å². The molecule has 3 fully saturated rings. The summed E-state index contributed by atoms with van der Waals surface area (Å²) in [5, 5.41) is 0. The first-order valence-corrected chi connectivity index (χ1v) is 12.3. The van der Waals surface area contributed by atoms with E-state index in [1.807, 2.05) is 0 Å². The van der Waals surface area contributed by atoms with Crippen LogP contribution in [-0.2, 0) is 0 Å². The number of hydrogen-bond acceptors (Lipinski definition) is 2. The minimum Gasteiger partial charge on any atom is -0.328 e. The fourth-order valence-corrected chi connectivity index (χ4v) is 7.13. The van der Waals surface area contributed by atoms with Crippen LogP contribution in [0.3, 0.4) is 0 Å². The lowest BCUT2D eigenvalue weighted by Gasteiger charge is -2.49. The van der Waals surface area contributed by atoms with E-state index in [4.69, 9.17) is 11.5 Å². The van der Waals surface area contributed by atoms with Gasteiger partial charge in [0.2, 0.25) is 0 Å². The third-order valence-corrected chi connectivity index (χ3v) is 8.60. The highest BCUT2D eigenvalue weighted by Gasteiger charge is 2.45. The summed E-state index contributed by atoms with van der Waals surface area (Å²) in [6, 6.07) is 0.863. The monoisotopic (exact) mass is 408 g/mol. The molecular formula is C27H56N2. The zero-order chi connectivity index (χ0) is 21.2. The van der Waals surface area contributed by atoms with Crippen molar-refractivity contribution in [2.75, 3.05) is 0 Å². The molecule has 0 aromatic heterocycles. The fraction of sp³-hybridized carbons (Fsp3) is 1.00. The fourth-order valence-electron chi connectivity index (χ4n) is 7.13. The van der Waals surface area contributed by atoms with Crippen LogP contribution in [0.5, 0.6) is 0 Å². The van der Waals surface area contributed by atoms with Crippen LogP contribution in [0.2, 0.25) is 0 Å². The zero-order valence-corrected chi connectivity index (χ0v) is 20.4. The summed E-state index contributed by atoms with van der Waals surface area (Å²) in [6.45, 7) is 16.7. The van der Waals surface area contributed by atoms with Gasteiger partial charge < -0.3 is 11.5 Å². The molecule has 0 amide bonds. The molecule has 3 aliphatic rings. The molecule has 0 aliphatic heterocycles. The van der Waals surface area contributed by atoms with Crippen LogP contribution in [0, 0.1) is 27.6 Å². The van der Waals surface area contributed by atoms with Crippen molar-refractivity contribution in [3.05, 3.63) is 0 Å². The number of hydrogen-bond donors (Lipinski definition) is 2. The standard InChI is InChI=1S/C14H27N.C12H25N.CH4/c1-13(2)8-12(15)9-14(3,10-13)11-6-4-5-7-11;1-5-12(4)7-6-11(2,3)8-10(13)9-12;/h11-12H,4-10,15H2,1-3H3;10H,5-9,13H2,1-4H3;1H4. The lowest BCUT2D eigenvalue weighted by Crippen LogP contribution is -2.45. The van der Waals surface area contributed by atoms with Crippen LogP contribution in [0.4, 0.5) is 0 Å². The van der Waals surface area contributed by atoms with E-state index in [1.54, 1.807) is 0 Å². The Morgan fingerprint density at radius 1 is 0.724 bits per heavy atom. The van der Waals surface area contributed by atoms with Crippen molar-refractivity contribution < 1.29 is 0 Å². The molecule has 3 aliphatic carbocycles. The van der Waals surface area contributed by atoms with Crippen LogP contribution in [-0.4, -0.2) is 12.1 Å². The van der Waals surface area contributed by atoms with E-state index >= 15 is 0 Å². The van der Waals surface area contributed by atoms with Gasteiger partial charge in [-0.25, -0.2) is 0 Å². The molecule has 4 unspecified atom stereocenters. The number of rotatable bonds is 2. The van der Waals surface area contributed by atoms with Crippen molar-refractivity contribution >= 4 is 0 Å². The van der Waals surface area contributed by atoms with Crippen molar-refractivity contribution in [2.24, 2.45) is 39.0 Å². The molecular weight excluding hydrogens is 352 g/mol. The third kappa shape index (κ3) is 7.84. The van der Waals surface area contributed by atoms with Crippen molar-refractivity contribution in [3.8, 4) is 0 Å². The lowest BCUT2D eigenvalue weighted by atomic mass is 9.58. The maximum atomic E-state index is 6.25. The van der Waals surface area contributed by atoms with E-state index in [0.717, 1.165) is 5.92 Å². The average Bonchev–Trinajstić information content (AvgIpc) is 3.03. The molecule has 0 radical (unpaired) electrons. The van der Waals surface area contributed by atoms with Gasteiger partial charge in [-0.15, -0.1) is 0 Å². The van der Waals surface area contributed by atoms with Gasteiger partial charge in [0.15, 0.2) is 0 Å². The Labute approximate surface area is 184 Å². The van der Waals surface area contributed by atoms with Crippen molar-refractivity contribution in [1.82, 2.24) is 0 Å². The molecule has 2 nitrogen and oxygen atoms in total. The summed E-state index contributed by atoms with van der Waals surface area (Å²) < 4.78 is 0. The van der Waals surface area contributed by atoms with Gasteiger partial charge in [0.1, 0.15) is 0 Å². The molecule has 4 N–H and O–H groups in total. The Bertz CT molecular complexity index is 491. The maximum Gasteiger partial charge on any atom is 0.00492 e. The Morgan fingerprint density at radius 2 is 1.24 bits per heavy atom. The molecule has 3 rings (SSSR count). The SMILES string of the molecule is C.CC1(C)CC(N)CC(C)(C2CCCC2)C1.CCC1(C)CCC(C)(C)CC(N)C1. The first-order valence-electron chi connectivity index (χ1n) is 12.3. The molecule has 29 heavy (non-hydrogen) atoms. The highest BCUT2D eigenvalue weighted by molar-refractivity contribution is 4.97. The quantitative estimate of drug-likeness (QED) is 0.460. The van der Waals surface area contributed by atoms with Crippen LogP contribution >= 0.6 is 0 Å². The molecule has 2 heteroatoms.